The molecule has 2 N–H and O–H groups in total. The largest absolute Gasteiger partial charge is 0.489 e. The van der Waals surface area contributed by atoms with Crippen molar-refractivity contribution in [2.45, 2.75) is 19.4 Å². The first-order valence-corrected chi connectivity index (χ1v) is 9.66. The third-order valence-electron chi connectivity index (χ3n) is 4.72. The van der Waals surface area contributed by atoms with Gasteiger partial charge >= 0.3 is 0 Å². The lowest BCUT2D eigenvalue weighted by atomic mass is 10.2. The molecule has 1 aliphatic rings. The summed E-state index contributed by atoms with van der Waals surface area (Å²) in [5.41, 5.74) is 3.04. The maximum atomic E-state index is 12.4. The molecule has 3 aromatic carbocycles. The Labute approximate surface area is 169 Å². The van der Waals surface area contributed by atoms with Crippen molar-refractivity contribution in [3.05, 3.63) is 90.0 Å². The molecule has 29 heavy (non-hydrogen) atoms. The molecular weight excluding hydrogens is 364 g/mol. The van der Waals surface area contributed by atoms with Gasteiger partial charge in [0.25, 0.3) is 5.91 Å². The van der Waals surface area contributed by atoms with Gasteiger partial charge in [-0.25, -0.2) is 0 Å². The molecule has 2 amide bonds. The number of hydrogen-bond acceptors (Lipinski definition) is 3. The monoisotopic (exact) mass is 386 g/mol. The fourth-order valence-electron chi connectivity index (χ4n) is 2.87. The highest BCUT2D eigenvalue weighted by Crippen LogP contribution is 2.30. The summed E-state index contributed by atoms with van der Waals surface area (Å²) in [7, 11) is 0. The van der Waals surface area contributed by atoms with Crippen molar-refractivity contribution < 1.29 is 14.3 Å². The first-order chi connectivity index (χ1) is 14.2. The van der Waals surface area contributed by atoms with Crippen molar-refractivity contribution in [3.8, 4) is 5.75 Å². The molecule has 0 saturated heterocycles. The van der Waals surface area contributed by atoms with Crippen LogP contribution in [0.1, 0.15) is 28.8 Å². The molecule has 0 radical (unpaired) electrons. The number of benzene rings is 3. The summed E-state index contributed by atoms with van der Waals surface area (Å²) < 4.78 is 5.74. The summed E-state index contributed by atoms with van der Waals surface area (Å²) in [6.07, 6.45) is 1.94. The number of ether oxygens (including phenoxy) is 1. The van der Waals surface area contributed by atoms with Crippen LogP contribution in [0.15, 0.2) is 78.9 Å². The van der Waals surface area contributed by atoms with Crippen molar-refractivity contribution in [1.82, 2.24) is 0 Å². The second-order valence-corrected chi connectivity index (χ2v) is 7.09. The van der Waals surface area contributed by atoms with Crippen LogP contribution in [0, 0.1) is 5.92 Å². The van der Waals surface area contributed by atoms with Gasteiger partial charge in [-0.3, -0.25) is 9.59 Å². The van der Waals surface area contributed by atoms with Crippen LogP contribution in [0.2, 0.25) is 0 Å². The number of anilines is 2. The van der Waals surface area contributed by atoms with E-state index in [1.54, 1.807) is 48.5 Å². The summed E-state index contributed by atoms with van der Waals surface area (Å²) in [6, 6.07) is 24.1. The fourth-order valence-corrected chi connectivity index (χ4v) is 2.87. The third kappa shape index (κ3) is 5.23. The first kappa shape index (κ1) is 18.7. The van der Waals surface area contributed by atoms with Crippen molar-refractivity contribution in [3.63, 3.8) is 0 Å². The molecule has 0 spiro atoms. The second-order valence-electron chi connectivity index (χ2n) is 7.09. The number of carbonyl (C=O) groups excluding carboxylic acids is 2. The Morgan fingerprint density at radius 1 is 0.793 bits per heavy atom. The smallest absolute Gasteiger partial charge is 0.255 e. The lowest BCUT2D eigenvalue weighted by Crippen LogP contribution is -2.14. The van der Waals surface area contributed by atoms with Gasteiger partial charge in [0.2, 0.25) is 5.91 Å². The van der Waals surface area contributed by atoms with E-state index in [1.807, 2.05) is 30.3 Å². The first-order valence-electron chi connectivity index (χ1n) is 9.66. The van der Waals surface area contributed by atoms with E-state index in [2.05, 4.69) is 10.6 Å². The van der Waals surface area contributed by atoms with Gasteiger partial charge in [0.1, 0.15) is 12.4 Å². The Hall–Kier alpha value is -3.60. The predicted molar refractivity (Wildman–Crippen MR) is 113 cm³/mol. The highest BCUT2D eigenvalue weighted by Gasteiger charge is 2.29. The molecule has 0 bridgehead atoms. The molecule has 5 heteroatoms. The lowest BCUT2D eigenvalue weighted by molar-refractivity contribution is -0.117. The standard InChI is InChI=1S/C24H22N2O3/c27-23(18-6-7-18)25-20-10-12-21(13-11-20)26-24(28)19-8-14-22(15-9-19)29-16-17-4-2-1-3-5-17/h1-5,8-15,18H,6-7,16H2,(H,25,27)(H,26,28). The number of nitrogens with one attached hydrogen (secondary N) is 2. The maximum absolute atomic E-state index is 12.4. The van der Waals surface area contributed by atoms with Gasteiger partial charge in [0.15, 0.2) is 0 Å². The van der Waals surface area contributed by atoms with Gasteiger partial charge in [-0.15, -0.1) is 0 Å². The highest BCUT2D eigenvalue weighted by atomic mass is 16.5. The van der Waals surface area contributed by atoms with E-state index < -0.39 is 0 Å². The molecule has 0 atom stereocenters. The molecule has 1 aliphatic carbocycles. The predicted octanol–water partition coefficient (Wildman–Crippen LogP) is 4.87. The second kappa shape index (κ2) is 8.61. The normalized spacial score (nSPS) is 12.8. The van der Waals surface area contributed by atoms with Gasteiger partial charge < -0.3 is 15.4 Å². The van der Waals surface area contributed by atoms with E-state index in [9.17, 15) is 9.59 Å². The van der Waals surface area contributed by atoms with E-state index in [0.717, 1.165) is 24.1 Å². The maximum Gasteiger partial charge on any atom is 0.255 e. The zero-order valence-electron chi connectivity index (χ0n) is 15.9. The van der Waals surface area contributed by atoms with Gasteiger partial charge in [0, 0.05) is 22.9 Å². The van der Waals surface area contributed by atoms with Crippen LogP contribution in [0.5, 0.6) is 5.75 Å². The van der Waals surface area contributed by atoms with Crippen molar-refractivity contribution in [1.29, 1.82) is 0 Å². The molecule has 1 fully saturated rings. The summed E-state index contributed by atoms with van der Waals surface area (Å²) in [5, 5.41) is 5.74. The summed E-state index contributed by atoms with van der Waals surface area (Å²) in [4.78, 5) is 24.2. The zero-order valence-corrected chi connectivity index (χ0v) is 15.9. The minimum atomic E-state index is -0.200. The van der Waals surface area contributed by atoms with Crippen LogP contribution in [0.25, 0.3) is 0 Å². The number of carbonyl (C=O) groups is 2. The Balaban J connectivity index is 1.30. The SMILES string of the molecule is O=C(Nc1ccc(NC(=O)C2CC2)cc1)c1ccc(OCc2ccccc2)cc1. The average Bonchev–Trinajstić information content (AvgIpc) is 3.60. The Morgan fingerprint density at radius 2 is 1.41 bits per heavy atom. The topological polar surface area (TPSA) is 67.4 Å². The van der Waals surface area contributed by atoms with Crippen LogP contribution in [0.4, 0.5) is 11.4 Å². The number of amides is 2. The van der Waals surface area contributed by atoms with Crippen LogP contribution in [0.3, 0.4) is 0 Å². The number of rotatable bonds is 7. The van der Waals surface area contributed by atoms with Gasteiger partial charge in [-0.1, -0.05) is 30.3 Å². The van der Waals surface area contributed by atoms with Crippen LogP contribution in [-0.2, 0) is 11.4 Å². The quantitative estimate of drug-likeness (QED) is 0.609. The molecule has 5 nitrogen and oxygen atoms in total. The van der Waals surface area contributed by atoms with Crippen LogP contribution in [-0.4, -0.2) is 11.8 Å². The van der Waals surface area contributed by atoms with E-state index in [-0.39, 0.29) is 17.7 Å². The van der Waals surface area contributed by atoms with E-state index in [4.69, 9.17) is 4.74 Å². The van der Waals surface area contributed by atoms with Crippen LogP contribution < -0.4 is 15.4 Å². The molecule has 0 aliphatic heterocycles. The van der Waals surface area contributed by atoms with Gasteiger partial charge in [-0.05, 0) is 66.9 Å². The summed E-state index contributed by atoms with van der Waals surface area (Å²) in [5.74, 6) is 0.737. The highest BCUT2D eigenvalue weighted by molar-refractivity contribution is 6.04. The molecule has 4 rings (SSSR count). The van der Waals surface area contributed by atoms with E-state index in [1.165, 1.54) is 0 Å². The van der Waals surface area contributed by atoms with E-state index in [0.29, 0.717) is 23.6 Å². The van der Waals surface area contributed by atoms with Gasteiger partial charge in [-0.2, -0.15) is 0 Å². The average molecular weight is 386 g/mol. The van der Waals surface area contributed by atoms with Crippen molar-refractivity contribution in [2.24, 2.45) is 5.92 Å². The minimum Gasteiger partial charge on any atom is -0.489 e. The molecule has 0 aromatic heterocycles. The van der Waals surface area contributed by atoms with Crippen molar-refractivity contribution >= 4 is 23.2 Å². The minimum absolute atomic E-state index is 0.0661. The molecule has 0 unspecified atom stereocenters. The van der Waals surface area contributed by atoms with E-state index >= 15 is 0 Å². The molecule has 0 heterocycles. The Bertz CT molecular complexity index is 979. The fraction of sp³-hybridized carbons (Fsp3) is 0.167. The molecule has 1 saturated carbocycles. The van der Waals surface area contributed by atoms with Crippen LogP contribution >= 0.6 is 0 Å². The Kier molecular flexibility index (Phi) is 5.56. The van der Waals surface area contributed by atoms with Gasteiger partial charge in [0.05, 0.1) is 0 Å². The van der Waals surface area contributed by atoms with Crippen molar-refractivity contribution in [2.75, 3.05) is 10.6 Å². The Morgan fingerprint density at radius 3 is 2.03 bits per heavy atom. The molecule has 146 valence electrons. The molecule has 3 aromatic rings. The summed E-state index contributed by atoms with van der Waals surface area (Å²) in [6.45, 7) is 0.482. The third-order valence-corrected chi connectivity index (χ3v) is 4.72. The number of hydrogen-bond donors (Lipinski definition) is 2. The summed E-state index contributed by atoms with van der Waals surface area (Å²) >= 11 is 0. The molecular formula is C24H22N2O3. The lowest BCUT2D eigenvalue weighted by Gasteiger charge is -2.09. The zero-order chi connectivity index (χ0) is 20.1.